The summed E-state index contributed by atoms with van der Waals surface area (Å²) in [6.45, 7) is 8.19. The summed E-state index contributed by atoms with van der Waals surface area (Å²) in [6, 6.07) is 4.24. The van der Waals surface area contributed by atoms with Gasteiger partial charge in [0.05, 0.1) is 5.60 Å². The lowest BCUT2D eigenvalue weighted by molar-refractivity contribution is 0.0116. The number of hydrogen-bond donors (Lipinski definition) is 2. The van der Waals surface area contributed by atoms with Gasteiger partial charge in [0.15, 0.2) is 0 Å². The van der Waals surface area contributed by atoms with E-state index in [1.165, 1.54) is 0 Å². The van der Waals surface area contributed by atoms with Crippen molar-refractivity contribution in [3.8, 4) is 0 Å². The highest BCUT2D eigenvalue weighted by molar-refractivity contribution is 5.25. The molecule has 0 radical (unpaired) electrons. The van der Waals surface area contributed by atoms with Gasteiger partial charge in [-0.2, -0.15) is 0 Å². The minimum atomic E-state index is -0.124. The molecular formula is C14H25N3O. The van der Waals surface area contributed by atoms with Gasteiger partial charge in [-0.3, -0.25) is 16.3 Å². The number of hydrazine groups is 1. The van der Waals surface area contributed by atoms with Crippen LogP contribution in [0.5, 0.6) is 0 Å². The second-order valence-electron chi connectivity index (χ2n) is 5.35. The topological polar surface area (TPSA) is 60.2 Å². The Hall–Kier alpha value is -0.970. The summed E-state index contributed by atoms with van der Waals surface area (Å²) in [5.74, 6) is 5.66. The van der Waals surface area contributed by atoms with E-state index in [1.807, 2.05) is 19.9 Å². The average molecular weight is 251 g/mol. The van der Waals surface area contributed by atoms with Gasteiger partial charge in [-0.05, 0) is 52.2 Å². The monoisotopic (exact) mass is 251 g/mol. The van der Waals surface area contributed by atoms with Gasteiger partial charge in [0.25, 0.3) is 0 Å². The van der Waals surface area contributed by atoms with Gasteiger partial charge >= 0.3 is 0 Å². The molecule has 4 nitrogen and oxygen atoms in total. The Labute approximate surface area is 110 Å². The Morgan fingerprint density at radius 3 is 2.56 bits per heavy atom. The second kappa shape index (κ2) is 6.27. The first kappa shape index (κ1) is 15.1. The summed E-state index contributed by atoms with van der Waals surface area (Å²) in [5.41, 5.74) is 5.98. The first-order valence-corrected chi connectivity index (χ1v) is 6.35. The largest absolute Gasteiger partial charge is 0.379 e. The normalized spacial score (nSPS) is 13.7. The number of methoxy groups -OCH3 is 1. The highest BCUT2D eigenvalue weighted by Gasteiger charge is 2.20. The third-order valence-corrected chi connectivity index (χ3v) is 3.43. The smallest absolute Gasteiger partial charge is 0.0623 e. The summed E-state index contributed by atoms with van der Waals surface area (Å²) in [5, 5.41) is 0. The van der Waals surface area contributed by atoms with Crippen LogP contribution >= 0.6 is 0 Å². The van der Waals surface area contributed by atoms with Gasteiger partial charge in [-0.15, -0.1) is 0 Å². The van der Waals surface area contributed by atoms with Crippen LogP contribution in [-0.2, 0) is 4.74 Å². The lowest BCUT2D eigenvalue weighted by atomic mass is 9.94. The third kappa shape index (κ3) is 4.05. The van der Waals surface area contributed by atoms with Crippen LogP contribution in [0.3, 0.4) is 0 Å². The molecule has 18 heavy (non-hydrogen) atoms. The van der Waals surface area contributed by atoms with Crippen LogP contribution in [0, 0.1) is 13.8 Å². The molecule has 0 aromatic carbocycles. The molecule has 0 amide bonds. The van der Waals surface area contributed by atoms with Crippen molar-refractivity contribution in [1.29, 1.82) is 0 Å². The zero-order valence-electron chi connectivity index (χ0n) is 12.1. The second-order valence-corrected chi connectivity index (χ2v) is 5.35. The molecule has 0 spiro atoms. The quantitative estimate of drug-likeness (QED) is 0.602. The summed E-state index contributed by atoms with van der Waals surface area (Å²) in [4.78, 5) is 4.48. The number of aryl methyl sites for hydroxylation is 2. The fourth-order valence-corrected chi connectivity index (χ4v) is 1.99. The molecule has 0 bridgehead atoms. The van der Waals surface area contributed by atoms with Crippen molar-refractivity contribution in [1.82, 2.24) is 10.4 Å². The van der Waals surface area contributed by atoms with E-state index >= 15 is 0 Å². The van der Waals surface area contributed by atoms with Crippen LogP contribution in [-0.4, -0.2) is 17.7 Å². The van der Waals surface area contributed by atoms with E-state index in [2.05, 4.69) is 30.3 Å². The van der Waals surface area contributed by atoms with Crippen LogP contribution in [0.25, 0.3) is 0 Å². The minimum Gasteiger partial charge on any atom is -0.379 e. The van der Waals surface area contributed by atoms with Gasteiger partial charge in [0, 0.05) is 24.5 Å². The lowest BCUT2D eigenvalue weighted by Crippen LogP contribution is -2.31. The number of pyridine rings is 1. The van der Waals surface area contributed by atoms with E-state index < -0.39 is 0 Å². The Morgan fingerprint density at radius 1 is 1.39 bits per heavy atom. The molecule has 4 heteroatoms. The number of nitrogens with zero attached hydrogens (tertiary/aromatic N) is 1. The van der Waals surface area contributed by atoms with E-state index in [0.717, 1.165) is 29.8 Å². The predicted molar refractivity (Wildman–Crippen MR) is 74.1 cm³/mol. The van der Waals surface area contributed by atoms with Gasteiger partial charge in [-0.1, -0.05) is 6.07 Å². The van der Waals surface area contributed by atoms with Gasteiger partial charge < -0.3 is 4.74 Å². The van der Waals surface area contributed by atoms with Crippen molar-refractivity contribution >= 4 is 0 Å². The molecule has 1 aromatic rings. The third-order valence-electron chi connectivity index (χ3n) is 3.43. The highest BCUT2D eigenvalue weighted by atomic mass is 16.5. The van der Waals surface area contributed by atoms with Crippen molar-refractivity contribution in [3.05, 3.63) is 29.1 Å². The fraction of sp³-hybridized carbons (Fsp3) is 0.643. The van der Waals surface area contributed by atoms with E-state index in [1.54, 1.807) is 7.11 Å². The van der Waals surface area contributed by atoms with Crippen molar-refractivity contribution in [2.45, 2.75) is 52.2 Å². The molecule has 1 unspecified atom stereocenters. The molecule has 0 aliphatic rings. The maximum atomic E-state index is 5.66. The Bertz CT molecular complexity index is 391. The number of aromatic nitrogens is 1. The molecule has 0 saturated heterocycles. The summed E-state index contributed by atoms with van der Waals surface area (Å²) in [6.07, 6.45) is 1.86. The zero-order valence-corrected chi connectivity index (χ0v) is 12.1. The highest BCUT2D eigenvalue weighted by Crippen LogP contribution is 2.25. The van der Waals surface area contributed by atoms with Crippen molar-refractivity contribution < 1.29 is 4.74 Å². The Balaban J connectivity index is 2.77. The van der Waals surface area contributed by atoms with Crippen molar-refractivity contribution in [2.24, 2.45) is 5.84 Å². The fourth-order valence-electron chi connectivity index (χ4n) is 1.99. The molecule has 0 saturated carbocycles. The first-order valence-electron chi connectivity index (χ1n) is 6.35. The number of hydrogen-bond acceptors (Lipinski definition) is 4. The van der Waals surface area contributed by atoms with E-state index in [4.69, 9.17) is 10.6 Å². The SMILES string of the molecule is COC(C)(C)CCC(NN)c1ccc(C)nc1C. The molecule has 1 heterocycles. The summed E-state index contributed by atoms with van der Waals surface area (Å²) < 4.78 is 5.43. The van der Waals surface area contributed by atoms with Crippen LogP contribution in [0.2, 0.25) is 0 Å². The maximum absolute atomic E-state index is 5.66. The molecule has 102 valence electrons. The van der Waals surface area contributed by atoms with Crippen LogP contribution < -0.4 is 11.3 Å². The molecule has 1 rings (SSSR count). The maximum Gasteiger partial charge on any atom is 0.0623 e. The van der Waals surface area contributed by atoms with Gasteiger partial charge in [0.2, 0.25) is 0 Å². The lowest BCUT2D eigenvalue weighted by Gasteiger charge is -2.26. The summed E-state index contributed by atoms with van der Waals surface area (Å²) in [7, 11) is 1.74. The summed E-state index contributed by atoms with van der Waals surface area (Å²) >= 11 is 0. The predicted octanol–water partition coefficient (Wildman–Crippen LogP) is 2.41. The number of ether oxygens (including phenoxy) is 1. The molecular weight excluding hydrogens is 226 g/mol. The minimum absolute atomic E-state index is 0.118. The molecule has 1 atom stereocenters. The van der Waals surface area contributed by atoms with E-state index in [-0.39, 0.29) is 11.6 Å². The number of rotatable bonds is 6. The molecule has 0 aliphatic carbocycles. The number of nitrogens with one attached hydrogen (secondary N) is 1. The molecule has 0 aliphatic heterocycles. The van der Waals surface area contributed by atoms with Gasteiger partial charge in [0.1, 0.15) is 0 Å². The van der Waals surface area contributed by atoms with Crippen LogP contribution in [0.4, 0.5) is 0 Å². The Morgan fingerprint density at radius 2 is 2.06 bits per heavy atom. The Kier molecular flexibility index (Phi) is 5.26. The van der Waals surface area contributed by atoms with Crippen LogP contribution in [0.15, 0.2) is 12.1 Å². The van der Waals surface area contributed by atoms with Crippen molar-refractivity contribution in [3.63, 3.8) is 0 Å². The molecule has 0 fully saturated rings. The molecule has 1 aromatic heterocycles. The van der Waals surface area contributed by atoms with E-state index in [9.17, 15) is 0 Å². The standard InChI is InChI=1S/C14H25N3O/c1-10-6-7-12(11(2)16-10)13(17-15)8-9-14(3,4)18-5/h6-7,13,17H,8-9,15H2,1-5H3. The average Bonchev–Trinajstić information content (AvgIpc) is 2.32. The van der Waals surface area contributed by atoms with Crippen molar-refractivity contribution in [2.75, 3.05) is 7.11 Å². The zero-order chi connectivity index (χ0) is 13.8. The first-order chi connectivity index (χ1) is 8.39. The van der Waals surface area contributed by atoms with Crippen LogP contribution in [0.1, 0.15) is 49.7 Å². The van der Waals surface area contributed by atoms with E-state index in [0.29, 0.717) is 0 Å². The molecule has 3 N–H and O–H groups in total. The van der Waals surface area contributed by atoms with Gasteiger partial charge in [-0.25, -0.2) is 0 Å². The number of nitrogens with two attached hydrogens (primary N) is 1.